The predicted octanol–water partition coefficient (Wildman–Crippen LogP) is 1.44. The van der Waals surface area contributed by atoms with E-state index in [0.717, 1.165) is 27.0 Å². The molecule has 2 amide bonds. The lowest BCUT2D eigenvalue weighted by atomic mass is 10.2. The lowest BCUT2D eigenvalue weighted by molar-refractivity contribution is 0.166. The van der Waals surface area contributed by atoms with E-state index < -0.39 is 10.4 Å². The van der Waals surface area contributed by atoms with E-state index in [1.165, 1.54) is 4.90 Å². The molecule has 7 nitrogen and oxygen atoms in total. The molecule has 1 aromatic rings. The Balaban J connectivity index is 1.60. The van der Waals surface area contributed by atoms with Gasteiger partial charge in [-0.05, 0) is 25.7 Å². The van der Waals surface area contributed by atoms with Crippen LogP contribution in [0.3, 0.4) is 0 Å². The predicted molar refractivity (Wildman–Crippen MR) is 84.0 cm³/mol. The van der Waals surface area contributed by atoms with Crippen molar-refractivity contribution >= 4 is 27.8 Å². The molecule has 0 bridgehead atoms. The molecule has 1 N–H and O–H groups in total. The Morgan fingerprint density at radius 1 is 1.39 bits per heavy atom. The molecule has 0 aromatic carbocycles. The first-order valence-electron chi connectivity index (χ1n) is 7.52. The van der Waals surface area contributed by atoms with Gasteiger partial charge in [-0.1, -0.05) is 3.89 Å². The van der Waals surface area contributed by atoms with Crippen LogP contribution in [0.15, 0.2) is 6.20 Å². The van der Waals surface area contributed by atoms with Crippen molar-refractivity contribution in [3.8, 4) is 0 Å². The number of thiazole rings is 1. The van der Waals surface area contributed by atoms with Crippen LogP contribution in [0.1, 0.15) is 28.8 Å². The highest BCUT2D eigenvalue weighted by Gasteiger charge is 2.37. The van der Waals surface area contributed by atoms with Gasteiger partial charge in [0.25, 0.3) is 0 Å². The summed E-state index contributed by atoms with van der Waals surface area (Å²) < 4.78 is 35.4. The number of halogens is 1. The van der Waals surface area contributed by atoms with Crippen LogP contribution in [0.4, 0.5) is 8.68 Å². The second-order valence-corrected chi connectivity index (χ2v) is 8.51. The molecule has 1 saturated carbocycles. The number of hydrogen-bond donors (Lipinski definition) is 1. The molecular formula is C13H19FN4O3S2. The van der Waals surface area contributed by atoms with Crippen LogP contribution in [0.5, 0.6) is 0 Å². The summed E-state index contributed by atoms with van der Waals surface area (Å²) in [6.45, 7) is 2.31. The van der Waals surface area contributed by atoms with E-state index in [-0.39, 0.29) is 38.3 Å². The monoisotopic (exact) mass is 362 g/mol. The number of carbonyl (C=O) groups is 1. The highest BCUT2D eigenvalue weighted by atomic mass is 32.3. The molecule has 3 rings (SSSR count). The lowest BCUT2D eigenvalue weighted by Crippen LogP contribution is -2.53. The fraction of sp³-hybridized carbons (Fsp3) is 0.692. The quantitative estimate of drug-likeness (QED) is 0.822. The fourth-order valence-corrected chi connectivity index (χ4v) is 4.18. The second-order valence-electron chi connectivity index (χ2n) is 5.90. The highest BCUT2D eigenvalue weighted by molar-refractivity contribution is 7.83. The molecule has 1 atom stereocenters. The highest BCUT2D eigenvalue weighted by Crippen LogP contribution is 2.42. The number of piperazine rings is 1. The Bertz CT molecular complexity index is 681. The summed E-state index contributed by atoms with van der Waals surface area (Å²) in [4.78, 5) is 19.4. The summed E-state index contributed by atoms with van der Waals surface area (Å²) >= 11 is 1.58. The maximum Gasteiger partial charge on any atom is 0.374 e. The minimum Gasteiger partial charge on any atom is -0.328 e. The zero-order valence-electron chi connectivity index (χ0n) is 12.7. The van der Waals surface area contributed by atoms with E-state index in [4.69, 9.17) is 0 Å². The maximum atomic E-state index is 12.9. The van der Waals surface area contributed by atoms with Crippen LogP contribution in [-0.4, -0.2) is 54.8 Å². The van der Waals surface area contributed by atoms with E-state index in [1.54, 1.807) is 17.5 Å². The van der Waals surface area contributed by atoms with Gasteiger partial charge in [0, 0.05) is 37.3 Å². The number of nitrogens with one attached hydrogen (secondary N) is 1. The molecule has 128 valence electrons. The Morgan fingerprint density at radius 3 is 2.52 bits per heavy atom. The first-order valence-corrected chi connectivity index (χ1v) is 9.68. The van der Waals surface area contributed by atoms with Crippen molar-refractivity contribution in [2.45, 2.75) is 25.8 Å². The molecule has 1 aliphatic carbocycles. The van der Waals surface area contributed by atoms with Gasteiger partial charge >= 0.3 is 16.4 Å². The standard InChI is InChI=1S/C13H19FN4O3S2/c1-9-8-15-12(22-9)11(10-2-3-10)16-13(19)17-4-6-18(7-5-17)23(14,20)21/h8,10-11H,2-7H2,1H3,(H,16,19). The van der Waals surface area contributed by atoms with E-state index in [0.29, 0.717) is 5.92 Å². The zero-order chi connectivity index (χ0) is 16.6. The number of hydrogen-bond acceptors (Lipinski definition) is 5. The van der Waals surface area contributed by atoms with Gasteiger partial charge in [0.2, 0.25) is 0 Å². The molecule has 1 aromatic heterocycles. The fourth-order valence-electron chi connectivity index (χ4n) is 2.66. The summed E-state index contributed by atoms with van der Waals surface area (Å²) in [6.07, 6.45) is 3.93. The molecule has 1 saturated heterocycles. The normalized spacial score (nSPS) is 21.2. The van der Waals surface area contributed by atoms with Gasteiger partial charge in [-0.2, -0.15) is 12.7 Å². The molecule has 2 fully saturated rings. The number of carbonyl (C=O) groups excluding carboxylic acids is 1. The first-order chi connectivity index (χ1) is 10.8. The number of aryl methyl sites for hydroxylation is 1. The summed E-state index contributed by atoms with van der Waals surface area (Å²) in [6, 6.07) is -0.338. The Morgan fingerprint density at radius 2 is 2.04 bits per heavy atom. The summed E-state index contributed by atoms with van der Waals surface area (Å²) in [5, 5.41) is 3.91. The van der Waals surface area contributed by atoms with Crippen LogP contribution in [0, 0.1) is 12.8 Å². The van der Waals surface area contributed by atoms with E-state index in [9.17, 15) is 17.1 Å². The van der Waals surface area contributed by atoms with Gasteiger partial charge in [-0.15, -0.1) is 11.3 Å². The second kappa shape index (κ2) is 6.33. The van der Waals surface area contributed by atoms with Crippen LogP contribution < -0.4 is 5.32 Å². The number of amides is 2. The molecule has 23 heavy (non-hydrogen) atoms. The average Bonchev–Trinajstić information content (AvgIpc) is 3.25. The van der Waals surface area contributed by atoms with Crippen LogP contribution in [-0.2, 0) is 10.4 Å². The molecule has 1 unspecified atom stereocenters. The minimum absolute atomic E-state index is 0.0172. The van der Waals surface area contributed by atoms with Gasteiger partial charge in [0.05, 0.1) is 6.04 Å². The topological polar surface area (TPSA) is 82.6 Å². The summed E-state index contributed by atoms with van der Waals surface area (Å²) in [7, 11) is -4.68. The van der Waals surface area contributed by atoms with Gasteiger partial charge in [-0.3, -0.25) is 0 Å². The first kappa shape index (κ1) is 16.6. The van der Waals surface area contributed by atoms with E-state index >= 15 is 0 Å². The van der Waals surface area contributed by atoms with Crippen molar-refractivity contribution in [2.24, 2.45) is 5.92 Å². The number of rotatable bonds is 4. The molecule has 10 heteroatoms. The lowest BCUT2D eigenvalue weighted by Gasteiger charge is -2.33. The van der Waals surface area contributed by atoms with Crippen LogP contribution in [0.25, 0.3) is 0 Å². The van der Waals surface area contributed by atoms with Crippen molar-refractivity contribution in [2.75, 3.05) is 26.2 Å². The Labute approximate surface area is 138 Å². The van der Waals surface area contributed by atoms with E-state index in [1.807, 2.05) is 6.92 Å². The molecule has 2 heterocycles. The van der Waals surface area contributed by atoms with Crippen molar-refractivity contribution in [1.82, 2.24) is 19.5 Å². The average molecular weight is 362 g/mol. The molecular weight excluding hydrogens is 343 g/mol. The van der Waals surface area contributed by atoms with Crippen LogP contribution in [0.2, 0.25) is 0 Å². The molecule has 1 aliphatic heterocycles. The van der Waals surface area contributed by atoms with Gasteiger partial charge in [0.1, 0.15) is 5.01 Å². The van der Waals surface area contributed by atoms with E-state index in [2.05, 4.69) is 10.3 Å². The van der Waals surface area contributed by atoms with Crippen molar-refractivity contribution in [1.29, 1.82) is 0 Å². The minimum atomic E-state index is -4.68. The van der Waals surface area contributed by atoms with Crippen molar-refractivity contribution in [3.63, 3.8) is 0 Å². The number of aromatic nitrogens is 1. The Kier molecular flexibility index (Phi) is 4.56. The smallest absolute Gasteiger partial charge is 0.328 e. The zero-order valence-corrected chi connectivity index (χ0v) is 14.4. The van der Waals surface area contributed by atoms with Crippen molar-refractivity contribution in [3.05, 3.63) is 16.1 Å². The summed E-state index contributed by atoms with van der Waals surface area (Å²) in [5.41, 5.74) is 0. The molecule has 0 spiro atoms. The third kappa shape index (κ3) is 3.99. The summed E-state index contributed by atoms with van der Waals surface area (Å²) in [5.74, 6) is 0.414. The largest absolute Gasteiger partial charge is 0.374 e. The third-order valence-corrected chi connectivity index (χ3v) is 6.09. The number of urea groups is 1. The van der Waals surface area contributed by atoms with Crippen LogP contribution >= 0.6 is 11.3 Å². The number of nitrogens with zero attached hydrogens (tertiary/aromatic N) is 3. The SMILES string of the molecule is Cc1cnc(C(NC(=O)N2CCN(S(=O)(=O)F)CC2)C2CC2)s1. The van der Waals surface area contributed by atoms with Gasteiger partial charge < -0.3 is 10.2 Å². The maximum absolute atomic E-state index is 12.9. The van der Waals surface area contributed by atoms with Gasteiger partial charge in [-0.25, -0.2) is 9.78 Å². The molecule has 0 radical (unpaired) electrons. The third-order valence-electron chi connectivity index (χ3n) is 4.11. The van der Waals surface area contributed by atoms with Gasteiger partial charge in [0.15, 0.2) is 0 Å². The van der Waals surface area contributed by atoms with Crippen molar-refractivity contribution < 1.29 is 17.1 Å². The Hall–Kier alpha value is -1.26. The molecule has 2 aliphatic rings.